The number of hydrogen-bond acceptors (Lipinski definition) is 0. The lowest BCUT2D eigenvalue weighted by Gasteiger charge is -2.28. The van der Waals surface area contributed by atoms with Crippen molar-refractivity contribution in [1.29, 1.82) is 0 Å². The fourth-order valence-corrected chi connectivity index (χ4v) is 1.67. The Bertz CT molecular complexity index is 93.4. The molecular formula is C8H14F2. The van der Waals surface area contributed by atoms with Gasteiger partial charge in [-0.15, -0.1) is 0 Å². The van der Waals surface area contributed by atoms with Gasteiger partial charge in [-0.1, -0.05) is 6.92 Å². The van der Waals surface area contributed by atoms with Gasteiger partial charge in [-0.3, -0.25) is 0 Å². The average molecular weight is 148 g/mol. The molecule has 0 spiro atoms. The van der Waals surface area contributed by atoms with E-state index >= 15 is 0 Å². The Morgan fingerprint density at radius 2 is 1.70 bits per heavy atom. The van der Waals surface area contributed by atoms with Gasteiger partial charge in [-0.25, -0.2) is 8.78 Å². The lowest BCUT2D eigenvalue weighted by Crippen LogP contribution is -2.30. The van der Waals surface area contributed by atoms with Crippen molar-refractivity contribution in [2.24, 2.45) is 5.92 Å². The van der Waals surface area contributed by atoms with E-state index in [1.165, 1.54) is 0 Å². The first-order chi connectivity index (χ1) is 4.75. The van der Waals surface area contributed by atoms with Crippen molar-refractivity contribution in [2.75, 3.05) is 0 Å². The van der Waals surface area contributed by atoms with E-state index in [0.29, 0.717) is 19.3 Å². The molecule has 0 aliphatic heterocycles. The van der Waals surface area contributed by atoms with Gasteiger partial charge in [0.2, 0.25) is 0 Å². The minimum Gasteiger partial charge on any atom is -0.247 e. The van der Waals surface area contributed by atoms with Crippen LogP contribution in [-0.4, -0.2) is 12.3 Å². The van der Waals surface area contributed by atoms with Crippen LogP contribution in [0.3, 0.4) is 0 Å². The molecule has 0 N–H and O–H groups in total. The maximum atomic E-state index is 12.9. The first-order valence-electron chi connectivity index (χ1n) is 4.03. The van der Waals surface area contributed by atoms with Gasteiger partial charge in [-0.05, 0) is 25.7 Å². The van der Waals surface area contributed by atoms with Crippen LogP contribution in [-0.2, 0) is 0 Å². The Hall–Kier alpha value is -0.140. The molecule has 0 aromatic rings. The quantitative estimate of drug-likeness (QED) is 0.536. The first-order valence-corrected chi connectivity index (χ1v) is 4.03. The third-order valence-corrected chi connectivity index (χ3v) is 2.36. The summed E-state index contributed by atoms with van der Waals surface area (Å²) in [4.78, 5) is 0. The monoisotopic (exact) mass is 148 g/mol. The summed E-state index contributed by atoms with van der Waals surface area (Å²) in [6, 6.07) is 0. The normalized spacial score (nSPS) is 41.7. The summed E-state index contributed by atoms with van der Waals surface area (Å²) in [5.41, 5.74) is 0. The Morgan fingerprint density at radius 1 is 1.20 bits per heavy atom. The second kappa shape index (κ2) is 3.31. The second-order valence-electron chi connectivity index (χ2n) is 3.03. The summed E-state index contributed by atoms with van der Waals surface area (Å²) in [7, 11) is 0. The zero-order valence-corrected chi connectivity index (χ0v) is 6.32. The molecule has 0 heterocycles. The van der Waals surface area contributed by atoms with E-state index in [2.05, 4.69) is 0 Å². The van der Waals surface area contributed by atoms with Crippen molar-refractivity contribution in [3.05, 3.63) is 0 Å². The summed E-state index contributed by atoms with van der Waals surface area (Å²) in [5.74, 6) is -0.311. The molecule has 2 heteroatoms. The molecular weight excluding hydrogens is 134 g/mol. The van der Waals surface area contributed by atoms with Crippen molar-refractivity contribution >= 4 is 0 Å². The molecule has 1 aliphatic rings. The van der Waals surface area contributed by atoms with Crippen LogP contribution in [0.5, 0.6) is 0 Å². The van der Waals surface area contributed by atoms with Gasteiger partial charge in [0, 0.05) is 5.92 Å². The molecule has 1 rings (SSSR count). The van der Waals surface area contributed by atoms with Crippen molar-refractivity contribution < 1.29 is 8.78 Å². The van der Waals surface area contributed by atoms with Crippen LogP contribution < -0.4 is 0 Å². The van der Waals surface area contributed by atoms with E-state index < -0.39 is 12.3 Å². The van der Waals surface area contributed by atoms with E-state index in [1.54, 1.807) is 0 Å². The SMILES string of the molecule is CCC1C(F)CCC[C@@H]1F. The predicted octanol–water partition coefficient (Wildman–Crippen LogP) is 2.87. The standard InChI is InChI=1S/C8H14F2/c1-2-6-7(9)4-3-5-8(6)10/h6-8H,2-5H2,1H3/t6?,7-,8?/m0/s1. The molecule has 0 bridgehead atoms. The molecule has 0 saturated heterocycles. The van der Waals surface area contributed by atoms with Gasteiger partial charge in [0.1, 0.15) is 12.3 Å². The van der Waals surface area contributed by atoms with E-state index in [0.717, 1.165) is 6.42 Å². The summed E-state index contributed by atoms with van der Waals surface area (Å²) in [6.45, 7) is 1.86. The van der Waals surface area contributed by atoms with E-state index in [9.17, 15) is 8.78 Å². The maximum absolute atomic E-state index is 12.9. The molecule has 10 heavy (non-hydrogen) atoms. The van der Waals surface area contributed by atoms with Gasteiger partial charge in [-0.2, -0.15) is 0 Å². The van der Waals surface area contributed by atoms with Crippen LogP contribution in [0.1, 0.15) is 32.6 Å². The maximum Gasteiger partial charge on any atom is 0.106 e. The van der Waals surface area contributed by atoms with Crippen LogP contribution in [0.2, 0.25) is 0 Å². The Kier molecular flexibility index (Phi) is 2.64. The molecule has 60 valence electrons. The molecule has 2 unspecified atom stereocenters. The summed E-state index contributed by atoms with van der Waals surface area (Å²) in [5, 5.41) is 0. The summed E-state index contributed by atoms with van der Waals surface area (Å²) >= 11 is 0. The van der Waals surface area contributed by atoms with Crippen LogP contribution in [0, 0.1) is 5.92 Å². The highest BCUT2D eigenvalue weighted by Gasteiger charge is 2.31. The topological polar surface area (TPSA) is 0 Å². The van der Waals surface area contributed by atoms with Gasteiger partial charge in [0.25, 0.3) is 0 Å². The van der Waals surface area contributed by atoms with Crippen molar-refractivity contribution in [3.63, 3.8) is 0 Å². The van der Waals surface area contributed by atoms with Crippen molar-refractivity contribution in [3.8, 4) is 0 Å². The lowest BCUT2D eigenvalue weighted by molar-refractivity contribution is 0.0734. The Morgan fingerprint density at radius 3 is 2.00 bits per heavy atom. The molecule has 0 aromatic heterocycles. The van der Waals surface area contributed by atoms with Crippen LogP contribution in [0.25, 0.3) is 0 Å². The minimum absolute atomic E-state index is 0.311. The Balaban J connectivity index is 2.45. The highest BCUT2D eigenvalue weighted by atomic mass is 19.1. The lowest BCUT2D eigenvalue weighted by atomic mass is 9.84. The van der Waals surface area contributed by atoms with Crippen molar-refractivity contribution in [1.82, 2.24) is 0 Å². The zero-order valence-electron chi connectivity index (χ0n) is 6.32. The first kappa shape index (κ1) is 7.96. The van der Waals surface area contributed by atoms with E-state index in [4.69, 9.17) is 0 Å². The Labute approximate surface area is 60.6 Å². The van der Waals surface area contributed by atoms with Gasteiger partial charge in [0.05, 0.1) is 0 Å². The third kappa shape index (κ3) is 1.47. The summed E-state index contributed by atoms with van der Waals surface area (Å²) in [6.07, 6.45) is 0.737. The molecule has 1 saturated carbocycles. The molecule has 1 fully saturated rings. The molecule has 1 aliphatic carbocycles. The number of halogens is 2. The van der Waals surface area contributed by atoms with Crippen molar-refractivity contribution in [2.45, 2.75) is 45.0 Å². The average Bonchev–Trinajstić information content (AvgIpc) is 1.88. The summed E-state index contributed by atoms with van der Waals surface area (Å²) < 4.78 is 25.7. The molecule has 0 radical (unpaired) electrons. The fourth-order valence-electron chi connectivity index (χ4n) is 1.67. The second-order valence-corrected chi connectivity index (χ2v) is 3.03. The van der Waals surface area contributed by atoms with Gasteiger partial charge < -0.3 is 0 Å². The van der Waals surface area contributed by atoms with Crippen LogP contribution >= 0.6 is 0 Å². The zero-order chi connectivity index (χ0) is 7.56. The minimum atomic E-state index is -0.881. The van der Waals surface area contributed by atoms with Crippen LogP contribution in [0.4, 0.5) is 8.78 Å². The molecule has 0 amide bonds. The number of rotatable bonds is 1. The van der Waals surface area contributed by atoms with E-state index in [1.807, 2.05) is 6.92 Å². The predicted molar refractivity (Wildman–Crippen MR) is 37.4 cm³/mol. The molecule has 3 atom stereocenters. The van der Waals surface area contributed by atoms with E-state index in [-0.39, 0.29) is 5.92 Å². The van der Waals surface area contributed by atoms with Crippen LogP contribution in [0.15, 0.2) is 0 Å². The van der Waals surface area contributed by atoms with Gasteiger partial charge >= 0.3 is 0 Å². The highest BCUT2D eigenvalue weighted by Crippen LogP contribution is 2.31. The molecule has 0 aromatic carbocycles. The smallest absolute Gasteiger partial charge is 0.106 e. The molecule has 0 nitrogen and oxygen atoms in total. The van der Waals surface area contributed by atoms with Gasteiger partial charge in [0.15, 0.2) is 0 Å². The highest BCUT2D eigenvalue weighted by molar-refractivity contribution is 4.80. The third-order valence-electron chi connectivity index (χ3n) is 2.36. The fraction of sp³-hybridized carbons (Fsp3) is 1.00. The number of alkyl halides is 2. The largest absolute Gasteiger partial charge is 0.247 e. The number of hydrogen-bond donors (Lipinski definition) is 0.